The van der Waals surface area contributed by atoms with Crippen molar-refractivity contribution in [3.8, 4) is 17.2 Å². The zero-order valence-corrected chi connectivity index (χ0v) is 14.3. The van der Waals surface area contributed by atoms with Crippen LogP contribution in [0.3, 0.4) is 0 Å². The molecule has 9 heteroatoms. The first-order valence-corrected chi connectivity index (χ1v) is 8.23. The molecule has 9 nitrogen and oxygen atoms in total. The minimum absolute atomic E-state index is 0.210. The Bertz CT molecular complexity index is 972. The summed E-state index contributed by atoms with van der Waals surface area (Å²) in [7, 11) is 0. The van der Waals surface area contributed by atoms with Gasteiger partial charge in [-0.1, -0.05) is 12.1 Å². The molecule has 1 aliphatic heterocycles. The van der Waals surface area contributed by atoms with E-state index in [4.69, 9.17) is 9.47 Å². The largest absolute Gasteiger partial charge is 0.479 e. The van der Waals surface area contributed by atoms with Gasteiger partial charge in [0.05, 0.1) is 11.4 Å². The number of tetrazole rings is 1. The maximum absolute atomic E-state index is 12.4. The summed E-state index contributed by atoms with van der Waals surface area (Å²) in [6.07, 6.45) is 0.798. The second-order valence-electron chi connectivity index (χ2n) is 5.87. The van der Waals surface area contributed by atoms with Crippen LogP contribution in [0.4, 0.5) is 5.69 Å². The quantitative estimate of drug-likeness (QED) is 0.509. The molecule has 0 saturated carbocycles. The molecule has 0 saturated heterocycles. The lowest BCUT2D eigenvalue weighted by Crippen LogP contribution is -2.47. The first kappa shape index (κ1) is 16.7. The Labute approximate surface area is 154 Å². The molecule has 4 rings (SSSR count). The first-order valence-electron chi connectivity index (χ1n) is 8.23. The smallest absolute Gasteiger partial charge is 0.331 e. The normalized spacial score (nSPS) is 15.8. The van der Waals surface area contributed by atoms with Crippen LogP contribution in [0.25, 0.3) is 5.69 Å². The predicted molar refractivity (Wildman–Crippen MR) is 93.7 cm³/mol. The zero-order valence-electron chi connectivity index (χ0n) is 14.3. The van der Waals surface area contributed by atoms with Crippen LogP contribution in [0.5, 0.6) is 11.5 Å². The lowest BCUT2D eigenvalue weighted by atomic mass is 10.2. The van der Waals surface area contributed by atoms with Gasteiger partial charge in [0.15, 0.2) is 6.10 Å². The van der Waals surface area contributed by atoms with E-state index in [0.717, 1.165) is 5.69 Å². The van der Waals surface area contributed by atoms with Crippen molar-refractivity contribution in [1.29, 1.82) is 0 Å². The molecule has 27 heavy (non-hydrogen) atoms. The minimum atomic E-state index is -0.664. The summed E-state index contributed by atoms with van der Waals surface area (Å²) in [6.45, 7) is 1.44. The van der Waals surface area contributed by atoms with Gasteiger partial charge in [0, 0.05) is 0 Å². The third-order valence-corrected chi connectivity index (χ3v) is 4.04. The Morgan fingerprint density at radius 1 is 1.19 bits per heavy atom. The SMILES string of the molecule is C[C@@H]1Oc2ccccc2N(CC(=O)Oc2ccc(-n3cnnn3)cc2)C1=O. The van der Waals surface area contributed by atoms with Gasteiger partial charge in [-0.25, -0.2) is 9.48 Å². The third-order valence-electron chi connectivity index (χ3n) is 4.04. The van der Waals surface area contributed by atoms with Gasteiger partial charge in [-0.3, -0.25) is 9.69 Å². The van der Waals surface area contributed by atoms with Crippen LogP contribution >= 0.6 is 0 Å². The number of amides is 1. The van der Waals surface area contributed by atoms with Crippen molar-refractivity contribution >= 4 is 17.6 Å². The lowest BCUT2D eigenvalue weighted by Gasteiger charge is -2.32. The molecule has 1 atom stereocenters. The summed E-state index contributed by atoms with van der Waals surface area (Å²) in [6, 6.07) is 13.8. The van der Waals surface area contributed by atoms with Crippen LogP contribution in [0, 0.1) is 0 Å². The van der Waals surface area contributed by atoms with Crippen molar-refractivity contribution in [2.24, 2.45) is 0 Å². The van der Waals surface area contributed by atoms with Crippen LogP contribution < -0.4 is 14.4 Å². The van der Waals surface area contributed by atoms with Gasteiger partial charge in [0.2, 0.25) is 0 Å². The number of fused-ring (bicyclic) bond motifs is 1. The Morgan fingerprint density at radius 3 is 2.70 bits per heavy atom. The van der Waals surface area contributed by atoms with Crippen LogP contribution in [0.2, 0.25) is 0 Å². The fraction of sp³-hybridized carbons (Fsp3) is 0.167. The van der Waals surface area contributed by atoms with E-state index in [2.05, 4.69) is 15.5 Å². The number of ether oxygens (including phenoxy) is 2. The molecular formula is C18H15N5O4. The second kappa shape index (κ2) is 6.87. The number of nitrogens with zero attached hydrogens (tertiary/aromatic N) is 5. The molecule has 0 aliphatic carbocycles. The number of benzene rings is 2. The van der Waals surface area contributed by atoms with Crippen molar-refractivity contribution in [2.75, 3.05) is 11.4 Å². The summed E-state index contributed by atoms with van der Waals surface area (Å²) in [5.74, 6) is 0.0733. The number of carbonyl (C=O) groups excluding carboxylic acids is 2. The summed E-state index contributed by atoms with van der Waals surface area (Å²) < 4.78 is 12.4. The number of rotatable bonds is 4. The van der Waals surface area contributed by atoms with E-state index in [9.17, 15) is 9.59 Å². The van der Waals surface area contributed by atoms with Crippen molar-refractivity contribution in [2.45, 2.75) is 13.0 Å². The van der Waals surface area contributed by atoms with E-state index in [1.54, 1.807) is 49.4 Å². The zero-order chi connectivity index (χ0) is 18.8. The van der Waals surface area contributed by atoms with E-state index in [1.165, 1.54) is 15.9 Å². The predicted octanol–water partition coefficient (Wildman–Crippen LogP) is 1.38. The summed E-state index contributed by atoms with van der Waals surface area (Å²) in [5, 5.41) is 10.9. The molecule has 0 bridgehead atoms. The summed E-state index contributed by atoms with van der Waals surface area (Å²) in [5.41, 5.74) is 1.28. The van der Waals surface area contributed by atoms with E-state index < -0.39 is 12.1 Å². The van der Waals surface area contributed by atoms with E-state index in [-0.39, 0.29) is 12.5 Å². The van der Waals surface area contributed by atoms with Gasteiger partial charge in [0.25, 0.3) is 5.91 Å². The van der Waals surface area contributed by atoms with Crippen LogP contribution in [0.15, 0.2) is 54.9 Å². The maximum atomic E-state index is 12.4. The molecule has 0 N–H and O–H groups in total. The van der Waals surface area contributed by atoms with Gasteiger partial charge in [-0.05, 0) is 53.7 Å². The minimum Gasteiger partial charge on any atom is -0.479 e. The number of hydrogen-bond donors (Lipinski definition) is 0. The molecule has 0 fully saturated rings. The number of hydrogen-bond acceptors (Lipinski definition) is 7. The molecule has 2 heterocycles. The van der Waals surface area contributed by atoms with E-state index >= 15 is 0 Å². The molecule has 1 aromatic heterocycles. The third kappa shape index (κ3) is 3.34. The number of carbonyl (C=O) groups is 2. The highest BCUT2D eigenvalue weighted by atomic mass is 16.5. The molecule has 3 aromatic rings. The number of esters is 1. The first-order chi connectivity index (χ1) is 13.1. The molecule has 1 amide bonds. The fourth-order valence-corrected chi connectivity index (χ4v) is 2.76. The van der Waals surface area contributed by atoms with Gasteiger partial charge in [-0.15, -0.1) is 5.10 Å². The Morgan fingerprint density at radius 2 is 1.96 bits per heavy atom. The van der Waals surface area contributed by atoms with Crippen molar-refractivity contribution < 1.29 is 19.1 Å². The molecule has 0 unspecified atom stereocenters. The Hall–Kier alpha value is -3.75. The molecule has 1 aliphatic rings. The molecular weight excluding hydrogens is 350 g/mol. The van der Waals surface area contributed by atoms with Gasteiger partial charge >= 0.3 is 5.97 Å². The van der Waals surface area contributed by atoms with Gasteiger partial charge in [-0.2, -0.15) is 0 Å². The van der Waals surface area contributed by atoms with Gasteiger partial charge < -0.3 is 9.47 Å². The second-order valence-corrected chi connectivity index (χ2v) is 5.87. The summed E-state index contributed by atoms with van der Waals surface area (Å²) in [4.78, 5) is 26.2. The fourth-order valence-electron chi connectivity index (χ4n) is 2.76. The van der Waals surface area contributed by atoms with E-state index in [0.29, 0.717) is 17.2 Å². The highest BCUT2D eigenvalue weighted by molar-refractivity contribution is 6.03. The van der Waals surface area contributed by atoms with Crippen molar-refractivity contribution in [1.82, 2.24) is 20.2 Å². The highest BCUT2D eigenvalue weighted by Crippen LogP contribution is 2.33. The van der Waals surface area contributed by atoms with Crippen molar-refractivity contribution in [3.05, 3.63) is 54.9 Å². The monoisotopic (exact) mass is 365 g/mol. The van der Waals surface area contributed by atoms with E-state index in [1.807, 2.05) is 6.07 Å². The van der Waals surface area contributed by atoms with Gasteiger partial charge in [0.1, 0.15) is 24.4 Å². The average Bonchev–Trinajstić information content (AvgIpc) is 3.21. The van der Waals surface area contributed by atoms with Crippen LogP contribution in [-0.4, -0.2) is 44.7 Å². The average molecular weight is 365 g/mol. The molecule has 136 valence electrons. The highest BCUT2D eigenvalue weighted by Gasteiger charge is 2.32. The number of aromatic nitrogens is 4. The van der Waals surface area contributed by atoms with Crippen LogP contribution in [-0.2, 0) is 9.59 Å². The molecule has 0 radical (unpaired) electrons. The lowest BCUT2D eigenvalue weighted by molar-refractivity contribution is -0.135. The summed E-state index contributed by atoms with van der Waals surface area (Å²) >= 11 is 0. The Balaban J connectivity index is 1.47. The van der Waals surface area contributed by atoms with Crippen molar-refractivity contribution in [3.63, 3.8) is 0 Å². The van der Waals surface area contributed by atoms with Crippen LogP contribution in [0.1, 0.15) is 6.92 Å². The molecule has 0 spiro atoms. The number of para-hydroxylation sites is 2. The molecule has 2 aromatic carbocycles. The standard InChI is InChI=1S/C18H15N5O4/c1-12-18(25)22(15-4-2-3-5-16(15)26-12)10-17(24)27-14-8-6-13(7-9-14)23-11-19-20-21-23/h2-9,11-12H,10H2,1H3/t12-/m0/s1. The Kier molecular flexibility index (Phi) is 4.25. The maximum Gasteiger partial charge on any atom is 0.331 e. The number of anilines is 1. The topological polar surface area (TPSA) is 99.4 Å².